The number of aromatic amines is 1. The molecule has 0 fully saturated rings. The smallest absolute Gasteiger partial charge is 0.252 e. The molecule has 0 aliphatic rings. The molecular formula is C18H19ClN4O2. The van der Waals surface area contributed by atoms with Gasteiger partial charge in [-0.25, -0.2) is 9.97 Å². The van der Waals surface area contributed by atoms with Crippen LogP contribution >= 0.6 is 11.6 Å². The maximum absolute atomic E-state index is 12.2. The first-order valence-corrected chi connectivity index (χ1v) is 8.45. The van der Waals surface area contributed by atoms with Crippen LogP contribution in [-0.2, 0) is 6.42 Å². The molecule has 2 N–H and O–H groups in total. The minimum absolute atomic E-state index is 0.0338. The number of rotatable bonds is 6. The summed E-state index contributed by atoms with van der Waals surface area (Å²) in [4.78, 5) is 24.0. The number of hydrogen-bond donors (Lipinski definition) is 2. The van der Waals surface area contributed by atoms with E-state index < -0.39 is 0 Å². The summed E-state index contributed by atoms with van der Waals surface area (Å²) >= 11 is 6.11. The molecule has 130 valence electrons. The highest BCUT2D eigenvalue weighted by Gasteiger charge is 2.12. The molecule has 7 heteroatoms. The van der Waals surface area contributed by atoms with E-state index in [4.69, 9.17) is 16.3 Å². The van der Waals surface area contributed by atoms with Crippen molar-refractivity contribution in [3.05, 3.63) is 52.9 Å². The summed E-state index contributed by atoms with van der Waals surface area (Å²) in [5, 5.41) is 3.16. The van der Waals surface area contributed by atoms with E-state index in [1.165, 1.54) is 6.20 Å². The van der Waals surface area contributed by atoms with Crippen LogP contribution in [0.25, 0.3) is 11.0 Å². The van der Waals surface area contributed by atoms with E-state index in [9.17, 15) is 4.79 Å². The molecule has 0 spiro atoms. The fraction of sp³-hybridized carbons (Fsp3) is 0.278. The number of halogens is 1. The van der Waals surface area contributed by atoms with Crippen LogP contribution < -0.4 is 10.1 Å². The zero-order chi connectivity index (χ0) is 17.8. The number of H-pyrrole nitrogens is 1. The van der Waals surface area contributed by atoms with Crippen molar-refractivity contribution in [2.45, 2.75) is 26.4 Å². The number of ether oxygens (including phenoxy) is 1. The first-order valence-electron chi connectivity index (χ1n) is 8.07. The van der Waals surface area contributed by atoms with Gasteiger partial charge in [-0.05, 0) is 32.0 Å². The van der Waals surface area contributed by atoms with E-state index in [2.05, 4.69) is 20.3 Å². The van der Waals surface area contributed by atoms with Gasteiger partial charge in [0, 0.05) is 19.2 Å². The molecule has 0 bridgehead atoms. The molecule has 0 saturated carbocycles. The van der Waals surface area contributed by atoms with Crippen LogP contribution in [0.3, 0.4) is 0 Å². The molecule has 6 nitrogen and oxygen atoms in total. The van der Waals surface area contributed by atoms with Crippen LogP contribution in [0.5, 0.6) is 5.88 Å². The fourth-order valence-corrected chi connectivity index (χ4v) is 2.59. The van der Waals surface area contributed by atoms with Crippen molar-refractivity contribution in [2.75, 3.05) is 6.54 Å². The Morgan fingerprint density at radius 3 is 2.88 bits per heavy atom. The number of imidazole rings is 1. The number of nitrogens with one attached hydrogen (secondary N) is 2. The minimum atomic E-state index is -0.235. The Labute approximate surface area is 150 Å². The second-order valence-corrected chi connectivity index (χ2v) is 6.29. The van der Waals surface area contributed by atoms with E-state index >= 15 is 0 Å². The normalized spacial score (nSPS) is 11.0. The molecule has 2 heterocycles. The largest absolute Gasteiger partial charge is 0.474 e. The van der Waals surface area contributed by atoms with Crippen LogP contribution in [0.1, 0.15) is 30.0 Å². The van der Waals surface area contributed by atoms with Gasteiger partial charge in [-0.2, -0.15) is 0 Å². The lowest BCUT2D eigenvalue weighted by molar-refractivity contribution is 0.0953. The van der Waals surface area contributed by atoms with Gasteiger partial charge in [-0.1, -0.05) is 23.7 Å². The molecular weight excluding hydrogens is 340 g/mol. The summed E-state index contributed by atoms with van der Waals surface area (Å²) in [5.41, 5.74) is 2.30. The summed E-state index contributed by atoms with van der Waals surface area (Å²) in [6.45, 7) is 4.23. The predicted octanol–water partition coefficient (Wildman–Crippen LogP) is 3.37. The van der Waals surface area contributed by atoms with E-state index in [0.717, 1.165) is 16.9 Å². The average Bonchev–Trinajstić information content (AvgIpc) is 2.99. The first-order chi connectivity index (χ1) is 12.0. The number of nitrogens with zero attached hydrogens (tertiary/aromatic N) is 2. The standard InChI is InChI=1S/C18H19ClN4O2/c1-11(2)25-18-13(19)9-12(10-21-18)17(24)20-8-7-16-22-14-5-3-4-6-15(14)23-16/h3-6,9-11H,7-8H2,1-2H3,(H,20,24)(H,22,23). The van der Waals surface area contributed by atoms with Crippen LogP contribution in [-0.4, -0.2) is 33.5 Å². The third kappa shape index (κ3) is 4.28. The number of aromatic nitrogens is 3. The highest BCUT2D eigenvalue weighted by molar-refractivity contribution is 6.32. The lowest BCUT2D eigenvalue weighted by Gasteiger charge is -2.11. The summed E-state index contributed by atoms with van der Waals surface area (Å²) in [7, 11) is 0. The monoisotopic (exact) mass is 358 g/mol. The van der Waals surface area contributed by atoms with Crippen molar-refractivity contribution in [3.8, 4) is 5.88 Å². The molecule has 0 unspecified atom stereocenters. The number of benzene rings is 1. The number of fused-ring (bicyclic) bond motifs is 1. The lowest BCUT2D eigenvalue weighted by atomic mass is 10.2. The van der Waals surface area contributed by atoms with Gasteiger partial charge in [0.05, 0.1) is 22.7 Å². The van der Waals surface area contributed by atoms with Crippen molar-refractivity contribution < 1.29 is 9.53 Å². The Bertz CT molecular complexity index is 859. The Kier molecular flexibility index (Phi) is 5.19. The molecule has 0 radical (unpaired) electrons. The zero-order valence-corrected chi connectivity index (χ0v) is 14.8. The van der Waals surface area contributed by atoms with Crippen molar-refractivity contribution in [1.29, 1.82) is 0 Å². The van der Waals surface area contributed by atoms with Gasteiger partial charge in [0.25, 0.3) is 5.91 Å². The van der Waals surface area contributed by atoms with Crippen molar-refractivity contribution in [1.82, 2.24) is 20.3 Å². The second-order valence-electron chi connectivity index (χ2n) is 5.88. The maximum Gasteiger partial charge on any atom is 0.252 e. The number of para-hydroxylation sites is 2. The van der Waals surface area contributed by atoms with Crippen LogP contribution in [0.15, 0.2) is 36.5 Å². The quantitative estimate of drug-likeness (QED) is 0.708. The molecule has 3 aromatic rings. The van der Waals surface area contributed by atoms with Crippen molar-refractivity contribution in [3.63, 3.8) is 0 Å². The third-order valence-corrected chi connectivity index (χ3v) is 3.77. The maximum atomic E-state index is 12.2. The van der Waals surface area contributed by atoms with E-state index in [1.807, 2.05) is 38.1 Å². The molecule has 0 atom stereocenters. The SMILES string of the molecule is CC(C)Oc1ncc(C(=O)NCCc2nc3ccccc3[nH]2)cc1Cl. The highest BCUT2D eigenvalue weighted by atomic mass is 35.5. The number of carbonyl (C=O) groups is 1. The van der Waals surface area contributed by atoms with Gasteiger partial charge in [-0.3, -0.25) is 4.79 Å². The molecule has 0 aliphatic heterocycles. The minimum Gasteiger partial charge on any atom is -0.474 e. The van der Waals surface area contributed by atoms with E-state index in [0.29, 0.717) is 29.4 Å². The van der Waals surface area contributed by atoms with Crippen LogP contribution in [0.2, 0.25) is 5.02 Å². The summed E-state index contributed by atoms with van der Waals surface area (Å²) in [6.07, 6.45) is 2.03. The molecule has 1 amide bonds. The molecule has 3 rings (SSSR count). The van der Waals surface area contributed by atoms with Crippen molar-refractivity contribution >= 4 is 28.5 Å². The lowest BCUT2D eigenvalue weighted by Crippen LogP contribution is -2.26. The Morgan fingerprint density at radius 1 is 1.36 bits per heavy atom. The number of carbonyl (C=O) groups excluding carboxylic acids is 1. The highest BCUT2D eigenvalue weighted by Crippen LogP contribution is 2.23. The Balaban J connectivity index is 1.57. The van der Waals surface area contributed by atoms with E-state index in [-0.39, 0.29) is 12.0 Å². The molecule has 0 aliphatic carbocycles. The van der Waals surface area contributed by atoms with Gasteiger partial charge in [0.1, 0.15) is 10.8 Å². The summed E-state index contributed by atoms with van der Waals surface area (Å²) < 4.78 is 5.46. The fourth-order valence-electron chi connectivity index (χ4n) is 2.38. The number of hydrogen-bond acceptors (Lipinski definition) is 4. The number of pyridine rings is 1. The number of amides is 1. The molecule has 2 aromatic heterocycles. The van der Waals surface area contributed by atoms with Gasteiger partial charge >= 0.3 is 0 Å². The van der Waals surface area contributed by atoms with E-state index in [1.54, 1.807) is 6.07 Å². The summed E-state index contributed by atoms with van der Waals surface area (Å²) in [6, 6.07) is 9.37. The topological polar surface area (TPSA) is 79.9 Å². The van der Waals surface area contributed by atoms with Crippen LogP contribution in [0.4, 0.5) is 0 Å². The molecule has 1 aromatic carbocycles. The first kappa shape index (κ1) is 17.2. The van der Waals surface area contributed by atoms with Crippen LogP contribution in [0, 0.1) is 0 Å². The second kappa shape index (κ2) is 7.53. The summed E-state index contributed by atoms with van der Waals surface area (Å²) in [5.74, 6) is 0.926. The predicted molar refractivity (Wildman–Crippen MR) is 97.1 cm³/mol. The van der Waals surface area contributed by atoms with Gasteiger partial charge in [0.15, 0.2) is 0 Å². The van der Waals surface area contributed by atoms with Crippen molar-refractivity contribution in [2.24, 2.45) is 0 Å². The Morgan fingerprint density at radius 2 is 2.16 bits per heavy atom. The molecule has 25 heavy (non-hydrogen) atoms. The zero-order valence-electron chi connectivity index (χ0n) is 14.0. The van der Waals surface area contributed by atoms with Gasteiger partial charge in [-0.15, -0.1) is 0 Å². The molecule has 0 saturated heterocycles. The Hall–Kier alpha value is -2.60. The van der Waals surface area contributed by atoms with Gasteiger partial charge in [0.2, 0.25) is 5.88 Å². The third-order valence-electron chi connectivity index (χ3n) is 3.50. The average molecular weight is 359 g/mol. The van der Waals surface area contributed by atoms with Gasteiger partial charge < -0.3 is 15.0 Å².